The molecule has 3 rings (SSSR count). The number of amides is 1. The molecule has 6 heteroatoms. The summed E-state index contributed by atoms with van der Waals surface area (Å²) >= 11 is 0. The molecule has 0 spiro atoms. The van der Waals surface area contributed by atoms with E-state index in [1.165, 1.54) is 0 Å². The van der Waals surface area contributed by atoms with Crippen LogP contribution in [0.15, 0.2) is 23.1 Å². The van der Waals surface area contributed by atoms with Crippen molar-refractivity contribution in [2.24, 2.45) is 5.41 Å². The van der Waals surface area contributed by atoms with Gasteiger partial charge in [-0.05, 0) is 54.9 Å². The lowest BCUT2D eigenvalue weighted by Gasteiger charge is -2.29. The molecule has 2 aliphatic rings. The third-order valence-electron chi connectivity index (χ3n) is 5.10. The second-order valence-corrected chi connectivity index (χ2v) is 10.3. The third kappa shape index (κ3) is 3.60. The Morgan fingerprint density at radius 1 is 1.24 bits per heavy atom. The van der Waals surface area contributed by atoms with Crippen molar-refractivity contribution in [1.82, 2.24) is 4.31 Å². The van der Waals surface area contributed by atoms with Crippen LogP contribution in [0.2, 0.25) is 0 Å². The van der Waals surface area contributed by atoms with Crippen molar-refractivity contribution in [3.63, 3.8) is 0 Å². The van der Waals surface area contributed by atoms with Crippen LogP contribution in [0.25, 0.3) is 0 Å². The zero-order chi connectivity index (χ0) is 18.4. The predicted octanol–water partition coefficient (Wildman–Crippen LogP) is 3.18. The molecule has 1 unspecified atom stereocenters. The van der Waals surface area contributed by atoms with E-state index in [0.29, 0.717) is 24.4 Å². The average molecular weight is 365 g/mol. The van der Waals surface area contributed by atoms with Crippen molar-refractivity contribution in [2.45, 2.75) is 64.3 Å². The lowest BCUT2D eigenvalue weighted by molar-refractivity contribution is -0.116. The summed E-state index contributed by atoms with van der Waals surface area (Å²) in [7, 11) is -3.49. The van der Waals surface area contributed by atoms with Crippen molar-refractivity contribution in [2.75, 3.05) is 18.0 Å². The number of benzene rings is 1. The molecule has 0 saturated carbocycles. The largest absolute Gasteiger partial charge is 0.312 e. The van der Waals surface area contributed by atoms with E-state index in [2.05, 4.69) is 20.8 Å². The van der Waals surface area contributed by atoms with Crippen LogP contribution in [0.4, 0.5) is 5.69 Å². The Kier molecular flexibility index (Phi) is 4.71. The first-order valence-corrected chi connectivity index (χ1v) is 10.5. The fourth-order valence-corrected chi connectivity index (χ4v) is 5.78. The van der Waals surface area contributed by atoms with Crippen molar-refractivity contribution in [3.05, 3.63) is 23.8 Å². The Hall–Kier alpha value is -1.40. The Balaban J connectivity index is 1.89. The first kappa shape index (κ1) is 18.4. The Morgan fingerprint density at radius 2 is 1.96 bits per heavy atom. The van der Waals surface area contributed by atoms with E-state index in [4.69, 9.17) is 0 Å². The Bertz CT molecular complexity index is 780. The van der Waals surface area contributed by atoms with E-state index < -0.39 is 10.0 Å². The summed E-state index contributed by atoms with van der Waals surface area (Å²) in [6, 6.07) is 5.28. The lowest BCUT2D eigenvalue weighted by atomic mass is 9.88. The molecule has 0 bridgehead atoms. The van der Waals surface area contributed by atoms with Crippen LogP contribution < -0.4 is 4.90 Å². The van der Waals surface area contributed by atoms with E-state index >= 15 is 0 Å². The second kappa shape index (κ2) is 6.40. The lowest BCUT2D eigenvalue weighted by Crippen LogP contribution is -2.37. The maximum atomic E-state index is 13.2. The molecule has 138 valence electrons. The standard InChI is InChI=1S/C19H28N2O3S/c1-14(22)20-11-9-15-12-17(7-8-18(15)20)25(23,24)21-10-5-6-16(21)13-19(2,3)4/h7-8,12,16H,5-6,9-11,13H2,1-4H3. The Labute approximate surface area is 151 Å². The minimum atomic E-state index is -3.49. The summed E-state index contributed by atoms with van der Waals surface area (Å²) in [5.41, 5.74) is 1.89. The fourth-order valence-electron chi connectivity index (χ4n) is 4.04. The number of fused-ring (bicyclic) bond motifs is 1. The maximum absolute atomic E-state index is 13.2. The van der Waals surface area contributed by atoms with Gasteiger partial charge in [0.2, 0.25) is 15.9 Å². The van der Waals surface area contributed by atoms with Crippen LogP contribution in [0.5, 0.6) is 0 Å². The number of rotatable bonds is 3. The van der Waals surface area contributed by atoms with E-state index in [1.807, 2.05) is 0 Å². The maximum Gasteiger partial charge on any atom is 0.243 e. The van der Waals surface area contributed by atoms with E-state index in [9.17, 15) is 13.2 Å². The SMILES string of the molecule is CC(=O)N1CCc2cc(S(=O)(=O)N3CCCC3CC(C)(C)C)ccc21. The monoisotopic (exact) mass is 364 g/mol. The summed E-state index contributed by atoms with van der Waals surface area (Å²) < 4.78 is 28.1. The van der Waals surface area contributed by atoms with E-state index in [1.54, 1.807) is 34.3 Å². The minimum absolute atomic E-state index is 0.000795. The number of carbonyl (C=O) groups excluding carboxylic acids is 1. The van der Waals surface area contributed by atoms with Gasteiger partial charge in [0.25, 0.3) is 0 Å². The van der Waals surface area contributed by atoms with Gasteiger partial charge in [0.05, 0.1) is 4.90 Å². The molecule has 1 amide bonds. The predicted molar refractivity (Wildman–Crippen MR) is 99.2 cm³/mol. The molecule has 2 heterocycles. The quantitative estimate of drug-likeness (QED) is 0.828. The third-order valence-corrected chi connectivity index (χ3v) is 7.05. The number of nitrogens with zero attached hydrogens (tertiary/aromatic N) is 2. The molecule has 5 nitrogen and oxygen atoms in total. The van der Waals surface area contributed by atoms with Gasteiger partial charge in [-0.15, -0.1) is 0 Å². The average Bonchev–Trinajstić information content (AvgIpc) is 3.11. The minimum Gasteiger partial charge on any atom is -0.312 e. The van der Waals surface area contributed by atoms with Crippen LogP contribution in [0, 0.1) is 5.41 Å². The molecule has 0 radical (unpaired) electrons. The van der Waals surface area contributed by atoms with Crippen molar-refractivity contribution >= 4 is 21.6 Å². The number of anilines is 1. The van der Waals surface area contributed by atoms with Crippen molar-refractivity contribution in [3.8, 4) is 0 Å². The van der Waals surface area contributed by atoms with Crippen molar-refractivity contribution in [1.29, 1.82) is 0 Å². The molecule has 1 saturated heterocycles. The highest BCUT2D eigenvalue weighted by Crippen LogP contribution is 2.36. The molecule has 2 aliphatic heterocycles. The van der Waals surface area contributed by atoms with E-state index in [0.717, 1.165) is 30.5 Å². The van der Waals surface area contributed by atoms with Gasteiger partial charge in [-0.25, -0.2) is 8.42 Å². The molecule has 1 aromatic rings. The molecule has 1 atom stereocenters. The summed E-state index contributed by atoms with van der Waals surface area (Å²) in [5, 5.41) is 0. The molecule has 0 N–H and O–H groups in total. The number of sulfonamides is 1. The topological polar surface area (TPSA) is 57.7 Å². The van der Waals surface area contributed by atoms with Gasteiger partial charge in [0, 0.05) is 31.7 Å². The normalized spacial score (nSPS) is 21.6. The highest BCUT2D eigenvalue weighted by atomic mass is 32.2. The summed E-state index contributed by atoms with van der Waals surface area (Å²) in [6.07, 6.45) is 3.43. The summed E-state index contributed by atoms with van der Waals surface area (Å²) in [4.78, 5) is 13.7. The molecule has 1 fully saturated rings. The van der Waals surface area contributed by atoms with Gasteiger partial charge in [-0.3, -0.25) is 4.79 Å². The smallest absolute Gasteiger partial charge is 0.243 e. The van der Waals surface area contributed by atoms with Crippen LogP contribution in [-0.4, -0.2) is 37.8 Å². The molecule has 25 heavy (non-hydrogen) atoms. The number of hydrogen-bond donors (Lipinski definition) is 0. The fraction of sp³-hybridized carbons (Fsp3) is 0.632. The van der Waals surface area contributed by atoms with Crippen LogP contribution in [-0.2, 0) is 21.2 Å². The van der Waals surface area contributed by atoms with Crippen LogP contribution in [0.1, 0.15) is 52.5 Å². The first-order chi connectivity index (χ1) is 11.6. The molecular formula is C19H28N2O3S. The number of carbonyl (C=O) groups is 1. The van der Waals surface area contributed by atoms with Gasteiger partial charge in [0.1, 0.15) is 0 Å². The zero-order valence-electron chi connectivity index (χ0n) is 15.6. The van der Waals surface area contributed by atoms with Crippen molar-refractivity contribution < 1.29 is 13.2 Å². The molecule has 0 aromatic heterocycles. The molecule has 1 aromatic carbocycles. The van der Waals surface area contributed by atoms with Gasteiger partial charge in [0.15, 0.2) is 0 Å². The van der Waals surface area contributed by atoms with Gasteiger partial charge in [-0.1, -0.05) is 20.8 Å². The number of hydrogen-bond acceptors (Lipinski definition) is 3. The Morgan fingerprint density at radius 3 is 2.60 bits per heavy atom. The van der Waals surface area contributed by atoms with Gasteiger partial charge in [-0.2, -0.15) is 4.31 Å². The van der Waals surface area contributed by atoms with Crippen LogP contribution >= 0.6 is 0 Å². The van der Waals surface area contributed by atoms with Crippen LogP contribution in [0.3, 0.4) is 0 Å². The highest BCUT2D eigenvalue weighted by Gasteiger charge is 2.37. The first-order valence-electron chi connectivity index (χ1n) is 9.02. The van der Waals surface area contributed by atoms with Gasteiger partial charge < -0.3 is 4.90 Å². The molecule has 0 aliphatic carbocycles. The van der Waals surface area contributed by atoms with Gasteiger partial charge >= 0.3 is 0 Å². The van der Waals surface area contributed by atoms with E-state index in [-0.39, 0.29) is 17.4 Å². The zero-order valence-corrected chi connectivity index (χ0v) is 16.4. The summed E-state index contributed by atoms with van der Waals surface area (Å²) in [6.45, 7) is 9.23. The summed E-state index contributed by atoms with van der Waals surface area (Å²) in [5.74, 6) is -0.000795. The molecular weight excluding hydrogens is 336 g/mol. The highest BCUT2D eigenvalue weighted by molar-refractivity contribution is 7.89. The second-order valence-electron chi connectivity index (χ2n) is 8.39.